The van der Waals surface area contributed by atoms with Crippen LogP contribution in [-0.2, 0) is 11.2 Å². The Balaban J connectivity index is 1.86. The molecule has 1 atom stereocenters. The zero-order valence-corrected chi connectivity index (χ0v) is 11.8. The largest absolute Gasteiger partial charge is 0.481 e. The molecule has 0 fully saturated rings. The second kappa shape index (κ2) is 7.58. The molecule has 0 saturated heterocycles. The van der Waals surface area contributed by atoms with Gasteiger partial charge in [0, 0.05) is 0 Å². The summed E-state index contributed by atoms with van der Waals surface area (Å²) in [4.78, 5) is 11.4. The SMILES string of the molecule is O=C(O)C(CCCCc1ccccc1)c1ccc(F)cc1. The average molecular weight is 286 g/mol. The van der Waals surface area contributed by atoms with Crippen LogP contribution in [0, 0.1) is 5.82 Å². The van der Waals surface area contributed by atoms with Gasteiger partial charge in [0.05, 0.1) is 5.92 Å². The zero-order valence-electron chi connectivity index (χ0n) is 11.8. The molecule has 0 aliphatic heterocycles. The van der Waals surface area contributed by atoms with Gasteiger partial charge in [0.2, 0.25) is 0 Å². The normalized spacial score (nSPS) is 12.0. The van der Waals surface area contributed by atoms with Crippen LogP contribution in [0.5, 0.6) is 0 Å². The maximum Gasteiger partial charge on any atom is 0.310 e. The topological polar surface area (TPSA) is 37.3 Å². The van der Waals surface area contributed by atoms with E-state index in [-0.39, 0.29) is 5.82 Å². The predicted octanol–water partition coefficient (Wildman–Crippen LogP) is 4.41. The van der Waals surface area contributed by atoms with Crippen LogP contribution in [0.1, 0.15) is 36.3 Å². The summed E-state index contributed by atoms with van der Waals surface area (Å²) in [6.45, 7) is 0. The highest BCUT2D eigenvalue weighted by Crippen LogP contribution is 2.23. The van der Waals surface area contributed by atoms with E-state index in [2.05, 4.69) is 12.1 Å². The zero-order chi connectivity index (χ0) is 15.1. The van der Waals surface area contributed by atoms with E-state index >= 15 is 0 Å². The molecule has 0 aliphatic carbocycles. The first-order chi connectivity index (χ1) is 10.2. The van der Waals surface area contributed by atoms with Crippen molar-refractivity contribution in [3.05, 3.63) is 71.5 Å². The number of aliphatic carboxylic acids is 1. The van der Waals surface area contributed by atoms with Gasteiger partial charge in [-0.15, -0.1) is 0 Å². The van der Waals surface area contributed by atoms with Crippen LogP contribution in [0.4, 0.5) is 4.39 Å². The van der Waals surface area contributed by atoms with E-state index < -0.39 is 11.9 Å². The highest BCUT2D eigenvalue weighted by atomic mass is 19.1. The van der Waals surface area contributed by atoms with Gasteiger partial charge in [-0.3, -0.25) is 4.79 Å². The van der Waals surface area contributed by atoms with Crippen molar-refractivity contribution in [1.29, 1.82) is 0 Å². The van der Waals surface area contributed by atoms with Crippen LogP contribution in [0.2, 0.25) is 0 Å². The lowest BCUT2D eigenvalue weighted by Gasteiger charge is -2.12. The van der Waals surface area contributed by atoms with Gasteiger partial charge in [0.15, 0.2) is 0 Å². The minimum Gasteiger partial charge on any atom is -0.481 e. The molecule has 1 unspecified atom stereocenters. The Labute approximate surface area is 124 Å². The highest BCUT2D eigenvalue weighted by molar-refractivity contribution is 5.75. The van der Waals surface area contributed by atoms with Crippen molar-refractivity contribution in [3.8, 4) is 0 Å². The average Bonchev–Trinajstić information content (AvgIpc) is 2.49. The molecule has 0 amide bonds. The van der Waals surface area contributed by atoms with Crippen LogP contribution in [0.15, 0.2) is 54.6 Å². The van der Waals surface area contributed by atoms with E-state index in [1.165, 1.54) is 17.7 Å². The predicted molar refractivity (Wildman–Crippen MR) is 80.8 cm³/mol. The van der Waals surface area contributed by atoms with Crippen LogP contribution < -0.4 is 0 Å². The Bertz CT molecular complexity index is 564. The first kappa shape index (κ1) is 15.2. The van der Waals surface area contributed by atoms with Gasteiger partial charge in [-0.05, 0) is 42.5 Å². The van der Waals surface area contributed by atoms with Gasteiger partial charge >= 0.3 is 5.97 Å². The number of carboxylic acids is 1. The van der Waals surface area contributed by atoms with E-state index in [0.717, 1.165) is 19.3 Å². The Morgan fingerprint density at radius 1 is 1.00 bits per heavy atom. The first-order valence-electron chi connectivity index (χ1n) is 7.19. The van der Waals surface area contributed by atoms with Crippen molar-refractivity contribution in [3.63, 3.8) is 0 Å². The van der Waals surface area contributed by atoms with Crippen molar-refractivity contribution in [2.45, 2.75) is 31.6 Å². The molecule has 110 valence electrons. The maximum absolute atomic E-state index is 12.9. The van der Waals surface area contributed by atoms with E-state index in [0.29, 0.717) is 12.0 Å². The summed E-state index contributed by atoms with van der Waals surface area (Å²) in [6.07, 6.45) is 3.32. The lowest BCUT2D eigenvalue weighted by atomic mass is 9.93. The highest BCUT2D eigenvalue weighted by Gasteiger charge is 2.19. The number of aryl methyl sites for hydroxylation is 1. The van der Waals surface area contributed by atoms with Gasteiger partial charge in [-0.1, -0.05) is 48.9 Å². The second-order valence-corrected chi connectivity index (χ2v) is 5.17. The third-order valence-electron chi connectivity index (χ3n) is 3.62. The van der Waals surface area contributed by atoms with Crippen molar-refractivity contribution >= 4 is 5.97 Å². The number of halogens is 1. The summed E-state index contributed by atoms with van der Waals surface area (Å²) in [5.41, 5.74) is 1.94. The summed E-state index contributed by atoms with van der Waals surface area (Å²) in [7, 11) is 0. The Morgan fingerprint density at radius 3 is 2.29 bits per heavy atom. The lowest BCUT2D eigenvalue weighted by molar-refractivity contribution is -0.139. The quantitative estimate of drug-likeness (QED) is 0.766. The summed E-state index contributed by atoms with van der Waals surface area (Å²) >= 11 is 0. The molecule has 0 bridgehead atoms. The number of carbonyl (C=O) groups is 1. The molecule has 2 rings (SSSR count). The molecule has 2 aromatic rings. The van der Waals surface area contributed by atoms with Crippen molar-refractivity contribution in [1.82, 2.24) is 0 Å². The molecule has 21 heavy (non-hydrogen) atoms. The molecule has 0 aliphatic rings. The molecule has 0 aromatic heterocycles. The Morgan fingerprint density at radius 2 is 1.67 bits per heavy atom. The van der Waals surface area contributed by atoms with Crippen molar-refractivity contribution in [2.24, 2.45) is 0 Å². The van der Waals surface area contributed by atoms with E-state index in [1.54, 1.807) is 12.1 Å². The van der Waals surface area contributed by atoms with E-state index in [1.807, 2.05) is 18.2 Å². The number of benzene rings is 2. The smallest absolute Gasteiger partial charge is 0.310 e. The molecular weight excluding hydrogens is 267 g/mol. The monoisotopic (exact) mass is 286 g/mol. The minimum absolute atomic E-state index is 0.341. The maximum atomic E-state index is 12.9. The number of unbranched alkanes of at least 4 members (excludes halogenated alkanes) is 1. The third-order valence-corrected chi connectivity index (χ3v) is 3.62. The molecule has 3 heteroatoms. The third kappa shape index (κ3) is 4.71. The standard InChI is InChI=1S/C18H19FO2/c19-16-12-10-15(11-13-16)17(18(20)21)9-5-4-8-14-6-2-1-3-7-14/h1-3,6-7,10-13,17H,4-5,8-9H2,(H,20,21). The van der Waals surface area contributed by atoms with Gasteiger partial charge in [-0.2, -0.15) is 0 Å². The molecule has 2 nitrogen and oxygen atoms in total. The van der Waals surface area contributed by atoms with E-state index in [9.17, 15) is 14.3 Å². The van der Waals surface area contributed by atoms with Gasteiger partial charge in [-0.25, -0.2) is 4.39 Å². The second-order valence-electron chi connectivity index (χ2n) is 5.17. The van der Waals surface area contributed by atoms with Crippen molar-refractivity contribution < 1.29 is 14.3 Å². The molecule has 0 heterocycles. The number of carboxylic acid groups (broad SMARTS) is 1. The Hall–Kier alpha value is -2.16. The fourth-order valence-electron chi connectivity index (χ4n) is 2.45. The van der Waals surface area contributed by atoms with Gasteiger partial charge < -0.3 is 5.11 Å². The number of hydrogen-bond donors (Lipinski definition) is 1. The summed E-state index contributed by atoms with van der Waals surface area (Å²) in [6, 6.07) is 15.9. The minimum atomic E-state index is -0.846. The summed E-state index contributed by atoms with van der Waals surface area (Å²) in [5.74, 6) is -1.74. The molecule has 0 radical (unpaired) electrons. The number of rotatable bonds is 7. The first-order valence-corrected chi connectivity index (χ1v) is 7.19. The molecule has 0 spiro atoms. The molecule has 2 aromatic carbocycles. The molecule has 1 N–H and O–H groups in total. The van der Waals surface area contributed by atoms with Crippen LogP contribution in [0.25, 0.3) is 0 Å². The fourth-order valence-corrected chi connectivity index (χ4v) is 2.45. The lowest BCUT2D eigenvalue weighted by Crippen LogP contribution is -2.11. The molecule has 0 saturated carbocycles. The van der Waals surface area contributed by atoms with Gasteiger partial charge in [0.1, 0.15) is 5.82 Å². The molecular formula is C18H19FO2. The van der Waals surface area contributed by atoms with Crippen LogP contribution in [0.3, 0.4) is 0 Å². The van der Waals surface area contributed by atoms with Crippen LogP contribution >= 0.6 is 0 Å². The van der Waals surface area contributed by atoms with Gasteiger partial charge in [0.25, 0.3) is 0 Å². The summed E-state index contributed by atoms with van der Waals surface area (Å²) < 4.78 is 12.9. The van der Waals surface area contributed by atoms with Crippen molar-refractivity contribution in [2.75, 3.05) is 0 Å². The fraction of sp³-hybridized carbons (Fsp3) is 0.278. The summed E-state index contributed by atoms with van der Waals surface area (Å²) in [5, 5.41) is 9.32. The number of hydrogen-bond acceptors (Lipinski definition) is 1. The van der Waals surface area contributed by atoms with Crippen LogP contribution in [-0.4, -0.2) is 11.1 Å². The Kier molecular flexibility index (Phi) is 5.50. The van der Waals surface area contributed by atoms with E-state index in [4.69, 9.17) is 0 Å².